The van der Waals surface area contributed by atoms with E-state index in [1.165, 1.54) is 6.33 Å². The van der Waals surface area contributed by atoms with Crippen LogP contribution in [0.5, 0.6) is 0 Å². The van der Waals surface area contributed by atoms with Crippen LogP contribution in [0.1, 0.15) is 38.5 Å². The molecule has 0 spiro atoms. The van der Waals surface area contributed by atoms with Crippen molar-refractivity contribution in [3.63, 3.8) is 0 Å². The van der Waals surface area contributed by atoms with Gasteiger partial charge in [-0.2, -0.15) is 0 Å². The molecule has 3 heterocycles. The van der Waals surface area contributed by atoms with E-state index in [2.05, 4.69) is 21.8 Å². The monoisotopic (exact) mass is 286 g/mol. The van der Waals surface area contributed by atoms with Gasteiger partial charge in [-0.1, -0.05) is 12.8 Å². The van der Waals surface area contributed by atoms with Gasteiger partial charge in [-0.15, -0.1) is 5.92 Å². The zero-order valence-corrected chi connectivity index (χ0v) is 12.1. The van der Waals surface area contributed by atoms with Gasteiger partial charge in [0.05, 0.1) is 23.2 Å². The molecule has 0 saturated carbocycles. The number of aliphatic hydroxyl groups is 1. The number of hydrogen-bond donors (Lipinski definition) is 2. The van der Waals surface area contributed by atoms with Gasteiger partial charge in [-0.25, -0.2) is 9.97 Å². The summed E-state index contributed by atoms with van der Waals surface area (Å²) in [6.45, 7) is 3.77. The van der Waals surface area contributed by atoms with Crippen molar-refractivity contribution in [2.75, 3.05) is 5.73 Å². The van der Waals surface area contributed by atoms with Crippen LogP contribution in [0, 0.1) is 11.8 Å². The third-order valence-electron chi connectivity index (χ3n) is 3.82. The summed E-state index contributed by atoms with van der Waals surface area (Å²) in [6.07, 6.45) is 3.75. The van der Waals surface area contributed by atoms with Crippen molar-refractivity contribution in [3.05, 3.63) is 18.1 Å². The fourth-order valence-corrected chi connectivity index (χ4v) is 2.81. The molecule has 3 rings (SSSR count). The van der Waals surface area contributed by atoms with E-state index in [4.69, 9.17) is 10.5 Å². The van der Waals surface area contributed by atoms with Gasteiger partial charge >= 0.3 is 0 Å². The topological polar surface area (TPSA) is 86.2 Å². The summed E-state index contributed by atoms with van der Waals surface area (Å²) in [4.78, 5) is 8.34. The van der Waals surface area contributed by atoms with Gasteiger partial charge in [0.15, 0.2) is 0 Å². The molecule has 110 valence electrons. The highest BCUT2D eigenvalue weighted by Gasteiger charge is 2.34. The second-order valence-electron chi connectivity index (χ2n) is 5.12. The smallest absolute Gasteiger partial charge is 0.148 e. The highest BCUT2D eigenvalue weighted by Crippen LogP contribution is 2.34. The molecule has 0 aromatic carbocycles. The average molecular weight is 286 g/mol. The van der Waals surface area contributed by atoms with E-state index >= 15 is 0 Å². The number of anilines is 1. The first-order valence-electron chi connectivity index (χ1n) is 7.03. The molecule has 2 aromatic heterocycles. The molecule has 2 aromatic rings. The molecule has 1 fully saturated rings. The number of nitrogens with zero attached hydrogens (tertiary/aromatic N) is 3. The van der Waals surface area contributed by atoms with Gasteiger partial charge in [-0.3, -0.25) is 0 Å². The molecule has 21 heavy (non-hydrogen) atoms. The van der Waals surface area contributed by atoms with E-state index in [0.717, 1.165) is 17.4 Å². The largest absolute Gasteiger partial charge is 0.390 e. The van der Waals surface area contributed by atoms with Crippen molar-refractivity contribution in [3.8, 4) is 11.8 Å². The normalized spacial score (nSPS) is 25.0. The van der Waals surface area contributed by atoms with Crippen LogP contribution < -0.4 is 5.73 Å². The highest BCUT2D eigenvalue weighted by molar-refractivity contribution is 5.92. The quantitative estimate of drug-likeness (QED) is 0.816. The highest BCUT2D eigenvalue weighted by atomic mass is 16.5. The number of fused-ring (bicyclic) bond motifs is 1. The van der Waals surface area contributed by atoms with Gasteiger partial charge in [-0.05, 0) is 13.3 Å². The molecule has 0 bridgehead atoms. The van der Waals surface area contributed by atoms with E-state index in [-0.39, 0.29) is 12.3 Å². The number of ether oxygens (including phenoxy) is 1. The van der Waals surface area contributed by atoms with Gasteiger partial charge < -0.3 is 20.1 Å². The standard InChI is InChI=1S/C15H18N4O2/c1-3-5-9-7-19(12-6-10(20)11(4-2)21-12)15-13(9)14(16)17-8-18-15/h7-8,10-12,20H,4,6H2,1-2H3,(H2,16,17,18). The Kier molecular flexibility index (Phi) is 3.53. The maximum atomic E-state index is 10.0. The first kappa shape index (κ1) is 13.9. The Labute approximate surface area is 122 Å². The van der Waals surface area contributed by atoms with Crippen molar-refractivity contribution in [2.24, 2.45) is 0 Å². The van der Waals surface area contributed by atoms with Crippen molar-refractivity contribution < 1.29 is 9.84 Å². The number of hydrogen-bond acceptors (Lipinski definition) is 5. The van der Waals surface area contributed by atoms with Crippen LogP contribution in [0.3, 0.4) is 0 Å². The summed E-state index contributed by atoms with van der Waals surface area (Å²) in [5, 5.41) is 10.8. The molecule has 6 nitrogen and oxygen atoms in total. The maximum Gasteiger partial charge on any atom is 0.148 e. The van der Waals surface area contributed by atoms with Gasteiger partial charge in [0.25, 0.3) is 0 Å². The van der Waals surface area contributed by atoms with Gasteiger partial charge in [0.1, 0.15) is 24.0 Å². The van der Waals surface area contributed by atoms with Crippen LogP contribution in [0.15, 0.2) is 12.5 Å². The molecule has 3 atom stereocenters. The lowest BCUT2D eigenvalue weighted by Crippen LogP contribution is -2.19. The van der Waals surface area contributed by atoms with E-state index < -0.39 is 6.10 Å². The minimum absolute atomic E-state index is 0.146. The van der Waals surface area contributed by atoms with Crippen LogP contribution >= 0.6 is 0 Å². The van der Waals surface area contributed by atoms with Crippen LogP contribution in [-0.2, 0) is 4.74 Å². The van der Waals surface area contributed by atoms with E-state index in [1.807, 2.05) is 17.7 Å². The van der Waals surface area contributed by atoms with Crippen molar-refractivity contribution >= 4 is 16.9 Å². The number of nitrogen functional groups attached to an aromatic ring is 1. The third kappa shape index (κ3) is 2.24. The van der Waals surface area contributed by atoms with Crippen LogP contribution in [-0.4, -0.2) is 31.8 Å². The van der Waals surface area contributed by atoms with Crippen LogP contribution in [0.25, 0.3) is 11.0 Å². The molecule has 0 amide bonds. The van der Waals surface area contributed by atoms with Gasteiger partial charge in [0.2, 0.25) is 0 Å². The first-order chi connectivity index (χ1) is 10.2. The zero-order chi connectivity index (χ0) is 15.0. The first-order valence-corrected chi connectivity index (χ1v) is 7.03. The molecule has 6 heteroatoms. The molecule has 3 N–H and O–H groups in total. The Morgan fingerprint density at radius 3 is 3.00 bits per heavy atom. The molecular formula is C15H18N4O2. The summed E-state index contributed by atoms with van der Waals surface area (Å²) in [6, 6.07) is 0. The van der Waals surface area contributed by atoms with Crippen molar-refractivity contribution in [1.82, 2.24) is 14.5 Å². The fourth-order valence-electron chi connectivity index (χ4n) is 2.81. The summed E-state index contributed by atoms with van der Waals surface area (Å²) in [5.74, 6) is 6.30. The molecule has 0 radical (unpaired) electrons. The Morgan fingerprint density at radius 1 is 1.52 bits per heavy atom. The summed E-state index contributed by atoms with van der Waals surface area (Å²) < 4.78 is 7.81. The predicted octanol–water partition coefficient (Wildman–Crippen LogP) is 1.44. The molecule has 3 unspecified atom stereocenters. The summed E-state index contributed by atoms with van der Waals surface area (Å²) in [7, 11) is 0. The summed E-state index contributed by atoms with van der Waals surface area (Å²) >= 11 is 0. The second-order valence-corrected chi connectivity index (χ2v) is 5.12. The third-order valence-corrected chi connectivity index (χ3v) is 3.82. The fraction of sp³-hybridized carbons (Fsp3) is 0.467. The SMILES string of the molecule is CC#Cc1cn(C2CC(O)C(CC)O2)c2ncnc(N)c12. The molecule has 1 aliphatic heterocycles. The molecular weight excluding hydrogens is 268 g/mol. The molecule has 1 saturated heterocycles. The minimum atomic E-state index is -0.461. The molecule has 1 aliphatic rings. The zero-order valence-electron chi connectivity index (χ0n) is 12.1. The Bertz CT molecular complexity index is 728. The lowest BCUT2D eigenvalue weighted by molar-refractivity contribution is -0.0181. The number of aliphatic hydroxyl groups excluding tert-OH is 1. The van der Waals surface area contributed by atoms with Crippen LogP contribution in [0.4, 0.5) is 5.82 Å². The van der Waals surface area contributed by atoms with Crippen molar-refractivity contribution in [2.45, 2.75) is 45.1 Å². The lowest BCUT2D eigenvalue weighted by Gasteiger charge is -2.14. The Morgan fingerprint density at radius 2 is 2.33 bits per heavy atom. The Balaban J connectivity index is 2.11. The molecule has 0 aliphatic carbocycles. The van der Waals surface area contributed by atoms with Crippen molar-refractivity contribution in [1.29, 1.82) is 0 Å². The second kappa shape index (κ2) is 5.35. The number of rotatable bonds is 2. The lowest BCUT2D eigenvalue weighted by atomic mass is 10.1. The van der Waals surface area contributed by atoms with E-state index in [0.29, 0.717) is 17.9 Å². The number of aromatic nitrogens is 3. The minimum Gasteiger partial charge on any atom is -0.390 e. The van der Waals surface area contributed by atoms with E-state index in [1.54, 1.807) is 6.92 Å². The summed E-state index contributed by atoms with van der Waals surface area (Å²) in [5.41, 5.74) is 7.43. The number of nitrogens with two attached hydrogens (primary N) is 1. The Hall–Kier alpha value is -2.10. The maximum absolute atomic E-state index is 10.0. The van der Waals surface area contributed by atoms with E-state index in [9.17, 15) is 5.11 Å². The predicted molar refractivity (Wildman–Crippen MR) is 79.3 cm³/mol. The van der Waals surface area contributed by atoms with Crippen LogP contribution in [0.2, 0.25) is 0 Å². The average Bonchev–Trinajstić information content (AvgIpc) is 3.01. The van der Waals surface area contributed by atoms with Gasteiger partial charge in [0, 0.05) is 12.6 Å².